The molecule has 0 aromatic carbocycles. The third-order valence-electron chi connectivity index (χ3n) is 3.29. The normalized spacial score (nSPS) is 25.8. The Morgan fingerprint density at radius 2 is 2.53 bits per heavy atom. The van der Waals surface area contributed by atoms with Crippen LogP contribution < -0.4 is 10.6 Å². The Hall–Kier alpha value is -1.36. The fraction of sp³-hybridized carbons (Fsp3) is 0.667. The monoisotopic (exact) mass is 236 g/mol. The van der Waals surface area contributed by atoms with Crippen LogP contribution in [0.5, 0.6) is 0 Å². The van der Waals surface area contributed by atoms with Crippen LogP contribution in [0.25, 0.3) is 0 Å². The first kappa shape index (κ1) is 12.1. The third-order valence-corrected chi connectivity index (χ3v) is 3.29. The molecule has 2 atom stereocenters. The summed E-state index contributed by atoms with van der Waals surface area (Å²) < 4.78 is 1.97. The maximum Gasteiger partial charge on any atom is 0.240 e. The van der Waals surface area contributed by atoms with Gasteiger partial charge in [-0.2, -0.15) is 0 Å². The average Bonchev–Trinajstić information content (AvgIpc) is 2.90. The minimum Gasteiger partial charge on any atom is -0.350 e. The van der Waals surface area contributed by atoms with Crippen LogP contribution in [0, 0.1) is 0 Å². The van der Waals surface area contributed by atoms with Crippen molar-refractivity contribution in [1.82, 2.24) is 20.2 Å². The fourth-order valence-corrected chi connectivity index (χ4v) is 2.23. The summed E-state index contributed by atoms with van der Waals surface area (Å²) in [6, 6.07) is 0.107. The Labute approximate surface area is 102 Å². The zero-order valence-corrected chi connectivity index (χ0v) is 10.4. The minimum atomic E-state index is -0.386. The molecule has 2 unspecified atom stereocenters. The molecule has 0 bridgehead atoms. The Balaban J connectivity index is 1.86. The van der Waals surface area contributed by atoms with Crippen LogP contribution in [0.4, 0.5) is 0 Å². The molecule has 0 radical (unpaired) electrons. The third kappa shape index (κ3) is 2.85. The molecule has 5 heteroatoms. The van der Waals surface area contributed by atoms with Crippen molar-refractivity contribution < 1.29 is 4.79 Å². The van der Waals surface area contributed by atoms with E-state index in [0.29, 0.717) is 0 Å². The van der Waals surface area contributed by atoms with Crippen molar-refractivity contribution in [2.24, 2.45) is 0 Å². The van der Waals surface area contributed by atoms with Crippen LogP contribution in [0.15, 0.2) is 18.7 Å². The number of rotatable bonds is 4. The zero-order chi connectivity index (χ0) is 12.3. The Morgan fingerprint density at radius 1 is 1.71 bits per heavy atom. The first-order valence-corrected chi connectivity index (χ1v) is 6.12. The Bertz CT molecular complexity index is 368. The predicted octanol–water partition coefficient (Wildman–Crippen LogP) is 0.530. The number of carbonyl (C=O) groups is 1. The van der Waals surface area contributed by atoms with Crippen molar-refractivity contribution in [3.8, 4) is 0 Å². The Kier molecular flexibility index (Phi) is 3.47. The van der Waals surface area contributed by atoms with E-state index in [1.165, 1.54) is 0 Å². The van der Waals surface area contributed by atoms with Crippen molar-refractivity contribution in [2.45, 2.75) is 44.8 Å². The maximum atomic E-state index is 12.1. The highest BCUT2D eigenvalue weighted by Crippen LogP contribution is 2.18. The summed E-state index contributed by atoms with van der Waals surface area (Å²) in [6.45, 7) is 5.66. The van der Waals surface area contributed by atoms with Gasteiger partial charge in [-0.15, -0.1) is 0 Å². The topological polar surface area (TPSA) is 59.0 Å². The molecule has 0 aliphatic carbocycles. The maximum absolute atomic E-state index is 12.1. The van der Waals surface area contributed by atoms with Crippen LogP contribution in [-0.4, -0.2) is 33.6 Å². The summed E-state index contributed by atoms with van der Waals surface area (Å²) >= 11 is 0. The van der Waals surface area contributed by atoms with E-state index in [1.807, 2.05) is 24.6 Å². The Morgan fingerprint density at radius 3 is 3.12 bits per heavy atom. The second-order valence-corrected chi connectivity index (χ2v) is 5.00. The summed E-state index contributed by atoms with van der Waals surface area (Å²) in [5, 5.41) is 6.32. The van der Waals surface area contributed by atoms with Gasteiger partial charge in [-0.05, 0) is 33.2 Å². The highest BCUT2D eigenvalue weighted by atomic mass is 16.2. The second kappa shape index (κ2) is 4.87. The molecule has 2 N–H and O–H groups in total. The molecule has 2 heterocycles. The molecule has 17 heavy (non-hydrogen) atoms. The SMILES string of the molecule is CC(Cn1ccnc1)NC(=O)C1(C)CCCN1. The molecule has 1 amide bonds. The number of amides is 1. The van der Waals surface area contributed by atoms with Crippen molar-refractivity contribution >= 4 is 5.91 Å². The lowest BCUT2D eigenvalue weighted by Crippen LogP contribution is -2.53. The molecule has 0 saturated carbocycles. The fourth-order valence-electron chi connectivity index (χ4n) is 2.23. The number of nitrogens with one attached hydrogen (secondary N) is 2. The molecule has 1 aliphatic heterocycles. The number of nitrogens with zero attached hydrogens (tertiary/aromatic N) is 2. The van der Waals surface area contributed by atoms with Crippen LogP contribution in [0.3, 0.4) is 0 Å². The first-order valence-electron chi connectivity index (χ1n) is 6.12. The van der Waals surface area contributed by atoms with E-state index in [4.69, 9.17) is 0 Å². The molecule has 0 spiro atoms. The van der Waals surface area contributed by atoms with Crippen LogP contribution >= 0.6 is 0 Å². The standard InChI is InChI=1S/C12H20N4O/c1-10(8-16-7-6-13-9-16)15-11(17)12(2)4-3-5-14-12/h6-7,9-10,14H,3-5,8H2,1-2H3,(H,15,17). The number of carbonyl (C=O) groups excluding carboxylic acids is 1. The van der Waals surface area contributed by atoms with E-state index < -0.39 is 0 Å². The average molecular weight is 236 g/mol. The summed E-state index contributed by atoms with van der Waals surface area (Å²) in [7, 11) is 0. The van der Waals surface area contributed by atoms with Gasteiger partial charge < -0.3 is 15.2 Å². The van der Waals surface area contributed by atoms with Crippen molar-refractivity contribution in [1.29, 1.82) is 0 Å². The highest BCUT2D eigenvalue weighted by molar-refractivity contribution is 5.86. The van der Waals surface area contributed by atoms with Gasteiger partial charge in [0.1, 0.15) is 0 Å². The lowest BCUT2D eigenvalue weighted by Gasteiger charge is -2.25. The number of imidazole rings is 1. The minimum absolute atomic E-state index is 0.0996. The lowest BCUT2D eigenvalue weighted by molar-refractivity contribution is -0.127. The van der Waals surface area contributed by atoms with Crippen molar-refractivity contribution in [2.75, 3.05) is 6.54 Å². The van der Waals surface area contributed by atoms with E-state index in [2.05, 4.69) is 15.6 Å². The van der Waals surface area contributed by atoms with Gasteiger partial charge in [-0.3, -0.25) is 4.79 Å². The molecule has 5 nitrogen and oxygen atoms in total. The summed E-state index contributed by atoms with van der Waals surface area (Å²) in [5.41, 5.74) is -0.386. The molecule has 1 aromatic rings. The number of hydrogen-bond donors (Lipinski definition) is 2. The van der Waals surface area contributed by atoms with E-state index in [9.17, 15) is 4.79 Å². The highest BCUT2D eigenvalue weighted by Gasteiger charge is 2.36. The van der Waals surface area contributed by atoms with Gasteiger partial charge >= 0.3 is 0 Å². The molecular weight excluding hydrogens is 216 g/mol. The van der Waals surface area contributed by atoms with Crippen molar-refractivity contribution in [3.63, 3.8) is 0 Å². The summed E-state index contributed by atoms with van der Waals surface area (Å²) in [4.78, 5) is 16.1. The summed E-state index contributed by atoms with van der Waals surface area (Å²) in [5.74, 6) is 0.0996. The van der Waals surface area contributed by atoms with Gasteiger partial charge in [0, 0.05) is 25.0 Å². The van der Waals surface area contributed by atoms with Crippen LogP contribution in [0.1, 0.15) is 26.7 Å². The van der Waals surface area contributed by atoms with Gasteiger partial charge in [0.2, 0.25) is 5.91 Å². The van der Waals surface area contributed by atoms with E-state index in [-0.39, 0.29) is 17.5 Å². The van der Waals surface area contributed by atoms with Crippen LogP contribution in [0.2, 0.25) is 0 Å². The predicted molar refractivity (Wildman–Crippen MR) is 65.5 cm³/mol. The van der Waals surface area contributed by atoms with Crippen molar-refractivity contribution in [3.05, 3.63) is 18.7 Å². The van der Waals surface area contributed by atoms with Gasteiger partial charge in [-0.25, -0.2) is 4.98 Å². The molecule has 2 rings (SSSR count). The first-order chi connectivity index (χ1) is 8.10. The van der Waals surface area contributed by atoms with E-state index >= 15 is 0 Å². The van der Waals surface area contributed by atoms with Gasteiger partial charge in [0.25, 0.3) is 0 Å². The molecule has 1 fully saturated rings. The van der Waals surface area contributed by atoms with E-state index in [0.717, 1.165) is 25.9 Å². The molecule has 1 aromatic heterocycles. The number of aromatic nitrogens is 2. The molecule has 1 aliphatic rings. The van der Waals surface area contributed by atoms with Gasteiger partial charge in [0.15, 0.2) is 0 Å². The summed E-state index contributed by atoms with van der Waals surface area (Å²) in [6.07, 6.45) is 7.39. The van der Waals surface area contributed by atoms with Crippen LogP contribution in [-0.2, 0) is 11.3 Å². The molecular formula is C12H20N4O. The lowest BCUT2D eigenvalue weighted by atomic mass is 9.99. The quantitative estimate of drug-likeness (QED) is 0.801. The zero-order valence-electron chi connectivity index (χ0n) is 10.4. The smallest absolute Gasteiger partial charge is 0.240 e. The number of hydrogen-bond acceptors (Lipinski definition) is 3. The molecule has 1 saturated heterocycles. The van der Waals surface area contributed by atoms with Gasteiger partial charge in [0.05, 0.1) is 11.9 Å². The largest absolute Gasteiger partial charge is 0.350 e. The van der Waals surface area contributed by atoms with Gasteiger partial charge in [-0.1, -0.05) is 0 Å². The molecule has 94 valence electrons. The second-order valence-electron chi connectivity index (χ2n) is 5.00. The van der Waals surface area contributed by atoms with E-state index in [1.54, 1.807) is 12.5 Å².